The summed E-state index contributed by atoms with van der Waals surface area (Å²) in [6.07, 6.45) is 1.96. The smallest absolute Gasteiger partial charge is 0.226 e. The molecule has 1 aliphatic heterocycles. The summed E-state index contributed by atoms with van der Waals surface area (Å²) in [6.45, 7) is 4.33. The first-order chi connectivity index (χ1) is 18.9. The first-order valence-corrected chi connectivity index (χ1v) is 13.1. The van der Waals surface area contributed by atoms with Crippen molar-refractivity contribution in [2.75, 3.05) is 19.0 Å². The molecule has 1 amide bonds. The average Bonchev–Trinajstić information content (AvgIpc) is 3.42. The maximum atomic E-state index is 14.8. The molecule has 200 valence electrons. The molecule has 2 N–H and O–H groups in total. The van der Waals surface area contributed by atoms with Crippen LogP contribution in [-0.2, 0) is 4.79 Å². The van der Waals surface area contributed by atoms with Crippen LogP contribution in [0, 0.1) is 19.7 Å². The molecule has 7 nitrogen and oxygen atoms in total. The van der Waals surface area contributed by atoms with Crippen LogP contribution < -0.4 is 15.4 Å². The molecule has 5 rings (SSSR count). The normalized spacial score (nSPS) is 16.7. The van der Waals surface area contributed by atoms with Gasteiger partial charge in [-0.1, -0.05) is 30.3 Å². The highest BCUT2D eigenvalue weighted by atomic mass is 32.1. The average molecular weight is 544 g/mol. The van der Waals surface area contributed by atoms with Crippen LogP contribution in [0.25, 0.3) is 5.69 Å². The van der Waals surface area contributed by atoms with Gasteiger partial charge in [-0.25, -0.2) is 4.39 Å². The first-order valence-electron chi connectivity index (χ1n) is 12.7. The van der Waals surface area contributed by atoms with Crippen molar-refractivity contribution < 1.29 is 13.9 Å². The second-order valence-corrected chi connectivity index (χ2v) is 9.82. The van der Waals surface area contributed by atoms with Gasteiger partial charge in [-0.2, -0.15) is 0 Å². The van der Waals surface area contributed by atoms with Crippen molar-refractivity contribution in [3.8, 4) is 11.4 Å². The maximum absolute atomic E-state index is 14.8. The predicted molar refractivity (Wildman–Crippen MR) is 154 cm³/mol. The summed E-state index contributed by atoms with van der Waals surface area (Å²) in [5.74, 6) is 0.147. The van der Waals surface area contributed by atoms with Crippen LogP contribution in [0.5, 0.6) is 5.75 Å². The monoisotopic (exact) mass is 543 g/mol. The number of aryl methyl sites for hydroxylation is 1. The predicted octanol–water partition coefficient (Wildman–Crippen LogP) is 5.64. The van der Waals surface area contributed by atoms with Crippen LogP contribution in [0.3, 0.4) is 0 Å². The number of hydrogen-bond acceptors (Lipinski definition) is 4. The lowest BCUT2D eigenvalue weighted by molar-refractivity contribution is -0.116. The van der Waals surface area contributed by atoms with Gasteiger partial charge in [0.15, 0.2) is 5.11 Å². The second kappa shape index (κ2) is 11.2. The molecule has 2 atom stereocenters. The van der Waals surface area contributed by atoms with Gasteiger partial charge < -0.3 is 24.8 Å². The maximum Gasteiger partial charge on any atom is 0.226 e. The number of thiocarbonyl (C=S) groups is 1. The Bertz CT molecular complexity index is 1510. The SMILES string of the molecule is COc1ccccc1NC(=O)CCN1C(=S)NC(c2ccccn2)C1c1cc(C)n(-c2ccccc2F)c1C. The molecule has 2 aromatic carbocycles. The molecule has 2 unspecified atom stereocenters. The van der Waals surface area contributed by atoms with E-state index < -0.39 is 0 Å². The molecule has 1 fully saturated rings. The summed E-state index contributed by atoms with van der Waals surface area (Å²) < 4.78 is 22.1. The molecule has 0 saturated carbocycles. The van der Waals surface area contributed by atoms with E-state index >= 15 is 0 Å². The van der Waals surface area contributed by atoms with Gasteiger partial charge in [0.05, 0.1) is 36.3 Å². The fourth-order valence-electron chi connectivity index (χ4n) is 5.26. The Balaban J connectivity index is 1.47. The Kier molecular flexibility index (Phi) is 7.60. The van der Waals surface area contributed by atoms with Crippen molar-refractivity contribution in [1.29, 1.82) is 0 Å². The lowest BCUT2D eigenvalue weighted by Gasteiger charge is -2.28. The summed E-state index contributed by atoms with van der Waals surface area (Å²) in [5.41, 5.74) is 4.73. The lowest BCUT2D eigenvalue weighted by atomic mass is 9.96. The van der Waals surface area contributed by atoms with Gasteiger partial charge in [-0.3, -0.25) is 9.78 Å². The number of nitrogens with one attached hydrogen (secondary N) is 2. The van der Waals surface area contributed by atoms with E-state index in [1.54, 1.807) is 37.6 Å². The number of benzene rings is 2. The zero-order valence-electron chi connectivity index (χ0n) is 22.0. The van der Waals surface area contributed by atoms with E-state index in [-0.39, 0.29) is 30.2 Å². The minimum absolute atomic E-state index is 0.154. The van der Waals surface area contributed by atoms with Crippen molar-refractivity contribution in [2.24, 2.45) is 0 Å². The molecule has 0 bridgehead atoms. The lowest BCUT2D eigenvalue weighted by Crippen LogP contribution is -2.33. The number of anilines is 1. The van der Waals surface area contributed by atoms with E-state index in [2.05, 4.69) is 21.7 Å². The quantitative estimate of drug-likeness (QED) is 0.281. The zero-order chi connectivity index (χ0) is 27.5. The summed E-state index contributed by atoms with van der Waals surface area (Å²) in [6, 6.07) is 21.4. The number of ether oxygens (including phenoxy) is 1. The highest BCUT2D eigenvalue weighted by Crippen LogP contribution is 2.41. The molecule has 0 radical (unpaired) electrons. The zero-order valence-corrected chi connectivity index (χ0v) is 22.8. The van der Waals surface area contributed by atoms with Crippen molar-refractivity contribution in [3.05, 3.63) is 107 Å². The number of rotatable bonds is 8. The van der Waals surface area contributed by atoms with Gasteiger partial charge in [0, 0.05) is 30.6 Å². The molecular formula is C30H30FN5O2S. The molecule has 1 saturated heterocycles. The number of para-hydroxylation sites is 3. The third kappa shape index (κ3) is 5.22. The summed E-state index contributed by atoms with van der Waals surface area (Å²) in [5, 5.41) is 6.90. The third-order valence-corrected chi connectivity index (χ3v) is 7.39. The van der Waals surface area contributed by atoms with Gasteiger partial charge in [-0.05, 0) is 74.1 Å². The van der Waals surface area contributed by atoms with Gasteiger partial charge in [-0.15, -0.1) is 0 Å². The van der Waals surface area contributed by atoms with Crippen LogP contribution in [0.2, 0.25) is 0 Å². The third-order valence-electron chi connectivity index (χ3n) is 7.04. The number of aromatic nitrogens is 2. The standard InChI is InChI=1S/C30H30FN5O2S/c1-19-18-21(20(2)36(19)25-13-6-4-10-22(25)31)29-28(24-12-8-9-16-32-24)34-30(39)35(29)17-15-27(37)33-23-11-5-7-14-26(23)38-3/h4-14,16,18,28-29H,15,17H2,1-3H3,(H,33,37)(H,34,39). The Hall–Kier alpha value is -4.24. The molecule has 0 spiro atoms. The number of carbonyl (C=O) groups is 1. The van der Waals surface area contributed by atoms with Crippen molar-refractivity contribution in [3.63, 3.8) is 0 Å². The van der Waals surface area contributed by atoms with E-state index in [1.807, 2.05) is 59.7 Å². The Labute approximate surface area is 232 Å². The molecular weight excluding hydrogens is 513 g/mol. The van der Waals surface area contributed by atoms with Crippen molar-refractivity contribution in [1.82, 2.24) is 19.8 Å². The van der Waals surface area contributed by atoms with Crippen LogP contribution in [0.4, 0.5) is 10.1 Å². The fraction of sp³-hybridized carbons (Fsp3) is 0.233. The summed E-state index contributed by atoms with van der Waals surface area (Å²) in [7, 11) is 1.57. The molecule has 39 heavy (non-hydrogen) atoms. The summed E-state index contributed by atoms with van der Waals surface area (Å²) >= 11 is 5.78. The highest BCUT2D eigenvalue weighted by Gasteiger charge is 2.41. The van der Waals surface area contributed by atoms with Gasteiger partial charge in [0.1, 0.15) is 11.6 Å². The van der Waals surface area contributed by atoms with E-state index in [1.165, 1.54) is 6.07 Å². The molecule has 1 aliphatic rings. The van der Waals surface area contributed by atoms with Gasteiger partial charge >= 0.3 is 0 Å². The van der Waals surface area contributed by atoms with E-state index in [9.17, 15) is 9.18 Å². The molecule has 2 aromatic heterocycles. The number of pyridine rings is 1. The minimum atomic E-state index is -0.294. The van der Waals surface area contributed by atoms with Crippen molar-refractivity contribution >= 4 is 28.9 Å². The van der Waals surface area contributed by atoms with Crippen molar-refractivity contribution in [2.45, 2.75) is 32.4 Å². The van der Waals surface area contributed by atoms with Crippen LogP contribution in [0.1, 0.15) is 41.1 Å². The number of nitrogens with zero attached hydrogens (tertiary/aromatic N) is 3. The van der Waals surface area contributed by atoms with E-state index in [4.69, 9.17) is 17.0 Å². The molecule has 0 aliphatic carbocycles. The van der Waals surface area contributed by atoms with E-state index in [0.717, 1.165) is 22.6 Å². The number of hydrogen-bond donors (Lipinski definition) is 2. The van der Waals surface area contributed by atoms with Crippen LogP contribution >= 0.6 is 12.2 Å². The van der Waals surface area contributed by atoms with E-state index in [0.29, 0.717) is 28.8 Å². The van der Waals surface area contributed by atoms with Crippen LogP contribution in [-0.4, -0.2) is 39.1 Å². The van der Waals surface area contributed by atoms with Gasteiger partial charge in [0.25, 0.3) is 0 Å². The largest absolute Gasteiger partial charge is 0.495 e. The fourth-order valence-corrected chi connectivity index (χ4v) is 5.59. The number of carbonyl (C=O) groups excluding carboxylic acids is 1. The minimum Gasteiger partial charge on any atom is -0.495 e. The van der Waals surface area contributed by atoms with Crippen LogP contribution in [0.15, 0.2) is 79.0 Å². The number of methoxy groups -OCH3 is 1. The Morgan fingerprint density at radius 3 is 2.59 bits per heavy atom. The molecule has 9 heteroatoms. The summed E-state index contributed by atoms with van der Waals surface area (Å²) in [4.78, 5) is 19.6. The van der Waals surface area contributed by atoms with Gasteiger partial charge in [0.2, 0.25) is 5.91 Å². The molecule has 4 aromatic rings. The highest BCUT2D eigenvalue weighted by molar-refractivity contribution is 7.80. The molecule has 3 heterocycles. The second-order valence-electron chi connectivity index (χ2n) is 9.43. The first kappa shape index (κ1) is 26.4. The Morgan fingerprint density at radius 2 is 1.85 bits per heavy atom. The number of amides is 1. The number of halogens is 1. The Morgan fingerprint density at radius 1 is 1.10 bits per heavy atom. The topological polar surface area (TPSA) is 71.4 Å².